The van der Waals surface area contributed by atoms with Gasteiger partial charge in [0.25, 0.3) is 0 Å². The van der Waals surface area contributed by atoms with Crippen molar-refractivity contribution >= 4 is 0 Å². The number of nitriles is 1. The smallest absolute Gasteiger partial charge is 0.106 e. The highest BCUT2D eigenvalue weighted by molar-refractivity contribution is 5.06. The SMILES string of the molecule is COC(C)(C)CCOCCC(C)(C#N)NC1CC1. The number of nitrogens with zero attached hydrogens (tertiary/aromatic N) is 1. The molecule has 0 aromatic heterocycles. The van der Waals surface area contributed by atoms with Crippen LogP contribution in [0.4, 0.5) is 0 Å². The third-order valence-electron chi connectivity index (χ3n) is 3.49. The van der Waals surface area contributed by atoms with E-state index in [2.05, 4.69) is 11.4 Å². The maximum absolute atomic E-state index is 9.20. The molecule has 0 aliphatic heterocycles. The van der Waals surface area contributed by atoms with Crippen LogP contribution in [-0.4, -0.2) is 37.5 Å². The summed E-state index contributed by atoms with van der Waals surface area (Å²) in [4.78, 5) is 0. The molecule has 0 saturated heterocycles. The Kier molecular flexibility index (Phi) is 5.58. The van der Waals surface area contributed by atoms with Crippen molar-refractivity contribution in [2.75, 3.05) is 20.3 Å². The maximum Gasteiger partial charge on any atom is 0.106 e. The molecule has 1 rings (SSSR count). The van der Waals surface area contributed by atoms with Crippen LogP contribution >= 0.6 is 0 Å². The van der Waals surface area contributed by atoms with Gasteiger partial charge in [-0.25, -0.2) is 0 Å². The van der Waals surface area contributed by atoms with Crippen LogP contribution in [0, 0.1) is 11.3 Å². The minimum Gasteiger partial charge on any atom is -0.381 e. The lowest BCUT2D eigenvalue weighted by molar-refractivity contribution is -0.0112. The lowest BCUT2D eigenvalue weighted by Crippen LogP contribution is -2.43. The molecular weight excluding hydrogens is 228 g/mol. The van der Waals surface area contributed by atoms with Gasteiger partial charge in [-0.2, -0.15) is 5.26 Å². The van der Waals surface area contributed by atoms with Crippen molar-refractivity contribution in [2.24, 2.45) is 0 Å². The molecule has 1 N–H and O–H groups in total. The highest BCUT2D eigenvalue weighted by Gasteiger charge is 2.32. The third kappa shape index (κ3) is 5.81. The predicted molar refractivity (Wildman–Crippen MR) is 71.3 cm³/mol. The number of hydrogen-bond acceptors (Lipinski definition) is 4. The zero-order valence-corrected chi connectivity index (χ0v) is 12.1. The largest absolute Gasteiger partial charge is 0.381 e. The number of nitrogens with one attached hydrogen (secondary N) is 1. The molecule has 1 atom stereocenters. The Hall–Kier alpha value is -0.630. The summed E-state index contributed by atoms with van der Waals surface area (Å²) in [7, 11) is 1.71. The van der Waals surface area contributed by atoms with Gasteiger partial charge in [-0.05, 0) is 40.0 Å². The molecule has 0 aromatic carbocycles. The van der Waals surface area contributed by atoms with E-state index in [4.69, 9.17) is 9.47 Å². The van der Waals surface area contributed by atoms with Crippen molar-refractivity contribution in [2.45, 2.75) is 63.6 Å². The van der Waals surface area contributed by atoms with Gasteiger partial charge in [0.1, 0.15) is 5.54 Å². The lowest BCUT2D eigenvalue weighted by Gasteiger charge is -2.25. The van der Waals surface area contributed by atoms with Gasteiger partial charge in [-0.3, -0.25) is 5.32 Å². The molecule has 1 unspecified atom stereocenters. The molecule has 0 aromatic rings. The summed E-state index contributed by atoms with van der Waals surface area (Å²) in [6, 6.07) is 2.90. The van der Waals surface area contributed by atoms with E-state index in [0.717, 1.165) is 12.8 Å². The van der Waals surface area contributed by atoms with Crippen LogP contribution in [-0.2, 0) is 9.47 Å². The average molecular weight is 254 g/mol. The van der Waals surface area contributed by atoms with Gasteiger partial charge in [-0.15, -0.1) is 0 Å². The Labute approximate surface area is 111 Å². The Balaban J connectivity index is 2.14. The summed E-state index contributed by atoms with van der Waals surface area (Å²) in [5.74, 6) is 0. The molecular formula is C14H26N2O2. The Morgan fingerprint density at radius 2 is 1.83 bits per heavy atom. The van der Waals surface area contributed by atoms with Crippen molar-refractivity contribution in [3.05, 3.63) is 0 Å². The second kappa shape index (κ2) is 6.51. The van der Waals surface area contributed by atoms with E-state index in [-0.39, 0.29) is 5.60 Å². The van der Waals surface area contributed by atoms with Crippen LogP contribution in [0.2, 0.25) is 0 Å². The highest BCUT2D eigenvalue weighted by atomic mass is 16.5. The Morgan fingerprint density at radius 3 is 2.33 bits per heavy atom. The molecule has 104 valence electrons. The third-order valence-corrected chi connectivity index (χ3v) is 3.49. The van der Waals surface area contributed by atoms with Crippen LogP contribution in [0.5, 0.6) is 0 Å². The number of rotatable bonds is 9. The average Bonchev–Trinajstić information content (AvgIpc) is 3.12. The van der Waals surface area contributed by atoms with Gasteiger partial charge in [0.05, 0.1) is 11.7 Å². The monoisotopic (exact) mass is 254 g/mol. The molecule has 1 aliphatic rings. The maximum atomic E-state index is 9.20. The first-order chi connectivity index (χ1) is 8.41. The first-order valence-corrected chi connectivity index (χ1v) is 6.73. The number of methoxy groups -OCH3 is 1. The molecule has 4 nitrogen and oxygen atoms in total. The molecule has 0 radical (unpaired) electrons. The van der Waals surface area contributed by atoms with Gasteiger partial charge >= 0.3 is 0 Å². The summed E-state index contributed by atoms with van der Waals surface area (Å²) in [5, 5.41) is 12.6. The van der Waals surface area contributed by atoms with Gasteiger partial charge in [0.15, 0.2) is 0 Å². The van der Waals surface area contributed by atoms with Crippen molar-refractivity contribution in [3.63, 3.8) is 0 Å². The van der Waals surface area contributed by atoms with E-state index in [0.29, 0.717) is 19.3 Å². The molecule has 18 heavy (non-hydrogen) atoms. The quantitative estimate of drug-likeness (QED) is 0.641. The fourth-order valence-electron chi connectivity index (χ4n) is 1.64. The van der Waals surface area contributed by atoms with Gasteiger partial charge in [0.2, 0.25) is 0 Å². The summed E-state index contributed by atoms with van der Waals surface area (Å²) < 4.78 is 10.9. The zero-order valence-electron chi connectivity index (χ0n) is 12.1. The standard InChI is InChI=1S/C14H26N2O2/c1-13(2,17-4)7-9-18-10-8-14(3,11-15)16-12-5-6-12/h12,16H,5-10H2,1-4H3. The minimum absolute atomic E-state index is 0.134. The molecule has 1 saturated carbocycles. The van der Waals surface area contributed by atoms with E-state index in [1.807, 2.05) is 20.8 Å². The molecule has 0 bridgehead atoms. The normalized spacial score (nSPS) is 19.3. The van der Waals surface area contributed by atoms with Crippen molar-refractivity contribution in [1.29, 1.82) is 5.26 Å². The lowest BCUT2D eigenvalue weighted by atomic mass is 10.0. The summed E-state index contributed by atoms with van der Waals surface area (Å²) in [5.41, 5.74) is -0.581. The van der Waals surface area contributed by atoms with Crippen LogP contribution in [0.3, 0.4) is 0 Å². The number of hydrogen-bond donors (Lipinski definition) is 1. The predicted octanol–water partition coefficient (Wildman–Crippen LogP) is 2.24. The van der Waals surface area contributed by atoms with Gasteiger partial charge in [0, 0.05) is 32.8 Å². The van der Waals surface area contributed by atoms with Crippen molar-refractivity contribution in [1.82, 2.24) is 5.32 Å². The zero-order chi connectivity index (χ0) is 13.6. The molecule has 1 fully saturated rings. The van der Waals surface area contributed by atoms with Crippen LogP contribution in [0.1, 0.15) is 46.5 Å². The van der Waals surface area contributed by atoms with Gasteiger partial charge in [-0.1, -0.05) is 0 Å². The van der Waals surface area contributed by atoms with Crippen LogP contribution in [0.15, 0.2) is 0 Å². The summed E-state index contributed by atoms with van der Waals surface area (Å²) in [6.45, 7) is 7.33. The summed E-state index contributed by atoms with van der Waals surface area (Å²) in [6.07, 6.45) is 3.98. The highest BCUT2D eigenvalue weighted by Crippen LogP contribution is 2.23. The molecule has 4 heteroatoms. The Bertz CT molecular complexity index is 295. The van der Waals surface area contributed by atoms with Crippen LogP contribution < -0.4 is 5.32 Å². The van der Waals surface area contributed by atoms with Crippen LogP contribution in [0.25, 0.3) is 0 Å². The minimum atomic E-state index is -0.446. The van der Waals surface area contributed by atoms with E-state index in [9.17, 15) is 5.26 Å². The van der Waals surface area contributed by atoms with E-state index in [1.165, 1.54) is 12.8 Å². The fraction of sp³-hybridized carbons (Fsp3) is 0.929. The van der Waals surface area contributed by atoms with Crippen molar-refractivity contribution < 1.29 is 9.47 Å². The van der Waals surface area contributed by atoms with Crippen molar-refractivity contribution in [3.8, 4) is 6.07 Å². The molecule has 0 spiro atoms. The second-order valence-electron chi connectivity index (χ2n) is 5.94. The first kappa shape index (κ1) is 15.4. The van der Waals surface area contributed by atoms with E-state index >= 15 is 0 Å². The van der Waals surface area contributed by atoms with Gasteiger partial charge < -0.3 is 9.47 Å². The fourth-order valence-corrected chi connectivity index (χ4v) is 1.64. The Morgan fingerprint density at radius 1 is 1.22 bits per heavy atom. The van der Waals surface area contributed by atoms with E-state index in [1.54, 1.807) is 7.11 Å². The topological polar surface area (TPSA) is 54.3 Å². The second-order valence-corrected chi connectivity index (χ2v) is 5.94. The number of ether oxygens (including phenoxy) is 2. The first-order valence-electron chi connectivity index (χ1n) is 6.73. The molecule has 0 amide bonds. The summed E-state index contributed by atoms with van der Waals surface area (Å²) >= 11 is 0. The molecule has 1 aliphatic carbocycles. The van der Waals surface area contributed by atoms with E-state index < -0.39 is 5.54 Å². The molecule has 0 heterocycles.